The van der Waals surface area contributed by atoms with E-state index in [1.165, 1.54) is 29.6 Å². The van der Waals surface area contributed by atoms with Crippen molar-refractivity contribution in [3.05, 3.63) is 46.4 Å². The quantitative estimate of drug-likeness (QED) is 0.652. The molecular weight excluding hydrogens is 451 g/mol. The molecule has 30 heavy (non-hydrogen) atoms. The molecule has 2 aromatic rings. The van der Waals surface area contributed by atoms with E-state index in [0.29, 0.717) is 28.8 Å². The maximum Gasteiger partial charge on any atom is 0.262 e. The molecule has 1 amide bonds. The zero-order valence-corrected chi connectivity index (χ0v) is 18.7. The minimum absolute atomic E-state index is 0.0171. The Hall–Kier alpha value is -2.00. The number of methoxy groups -OCH3 is 1. The monoisotopic (exact) mass is 472 g/mol. The fourth-order valence-electron chi connectivity index (χ4n) is 3.13. The molecule has 1 aliphatic rings. The lowest BCUT2D eigenvalue weighted by Crippen LogP contribution is -2.35. The number of carbonyl (C=O) groups excluding carboxylic acids is 1. The number of piperidine rings is 1. The molecule has 2 aromatic carbocycles. The molecule has 0 spiro atoms. The second-order valence-corrected chi connectivity index (χ2v) is 9.49. The van der Waals surface area contributed by atoms with E-state index < -0.39 is 15.9 Å². The molecule has 0 saturated carbocycles. The first-order valence-electron chi connectivity index (χ1n) is 9.37. The second-order valence-electron chi connectivity index (χ2n) is 6.74. The average Bonchev–Trinajstić information content (AvgIpc) is 2.75. The third-order valence-corrected chi connectivity index (χ3v) is 7.10. The molecule has 0 atom stereocenters. The number of hydrogen-bond acceptors (Lipinski definition) is 5. The number of carbonyl (C=O) groups is 1. The summed E-state index contributed by atoms with van der Waals surface area (Å²) in [7, 11) is -2.33. The van der Waals surface area contributed by atoms with Gasteiger partial charge in [-0.2, -0.15) is 4.31 Å². The third-order valence-electron chi connectivity index (χ3n) is 4.63. The highest BCUT2D eigenvalue weighted by atomic mass is 35.5. The SMILES string of the molecule is COc1ccc(NC(=O)COc2cc(Cl)ccc2Cl)cc1S(=O)(=O)N1CCCCC1. The molecule has 1 heterocycles. The summed E-state index contributed by atoms with van der Waals surface area (Å²) in [6.45, 7) is 0.618. The Kier molecular flexibility index (Phi) is 7.46. The van der Waals surface area contributed by atoms with Crippen LogP contribution in [0.25, 0.3) is 0 Å². The van der Waals surface area contributed by atoms with Crippen molar-refractivity contribution in [3.8, 4) is 11.5 Å². The summed E-state index contributed by atoms with van der Waals surface area (Å²) in [6.07, 6.45) is 2.65. The van der Waals surface area contributed by atoms with Crippen LogP contribution in [-0.4, -0.2) is 45.4 Å². The van der Waals surface area contributed by atoms with E-state index in [1.54, 1.807) is 18.2 Å². The molecule has 0 radical (unpaired) electrons. The molecule has 1 aliphatic heterocycles. The van der Waals surface area contributed by atoms with E-state index in [-0.39, 0.29) is 23.0 Å². The number of benzene rings is 2. The van der Waals surface area contributed by atoms with Gasteiger partial charge in [0.05, 0.1) is 12.1 Å². The van der Waals surface area contributed by atoms with Crippen LogP contribution in [0.5, 0.6) is 11.5 Å². The molecule has 1 saturated heterocycles. The van der Waals surface area contributed by atoms with Crippen molar-refractivity contribution in [1.82, 2.24) is 4.31 Å². The first-order valence-corrected chi connectivity index (χ1v) is 11.6. The third kappa shape index (κ3) is 5.37. The van der Waals surface area contributed by atoms with Gasteiger partial charge in [0, 0.05) is 29.9 Å². The molecule has 0 bridgehead atoms. The molecule has 0 unspecified atom stereocenters. The van der Waals surface area contributed by atoms with Gasteiger partial charge >= 0.3 is 0 Å². The minimum atomic E-state index is -3.74. The number of ether oxygens (including phenoxy) is 2. The number of nitrogens with zero attached hydrogens (tertiary/aromatic N) is 1. The molecule has 10 heteroatoms. The van der Waals surface area contributed by atoms with Gasteiger partial charge in [-0.1, -0.05) is 29.6 Å². The maximum absolute atomic E-state index is 13.1. The summed E-state index contributed by atoms with van der Waals surface area (Å²) in [6, 6.07) is 9.16. The van der Waals surface area contributed by atoms with Gasteiger partial charge in [0.2, 0.25) is 10.0 Å². The highest BCUT2D eigenvalue weighted by molar-refractivity contribution is 7.89. The molecule has 1 N–H and O–H groups in total. The predicted octanol–water partition coefficient (Wildman–Crippen LogP) is 4.19. The lowest BCUT2D eigenvalue weighted by molar-refractivity contribution is -0.118. The number of halogens is 2. The minimum Gasteiger partial charge on any atom is -0.495 e. The summed E-state index contributed by atoms with van der Waals surface area (Å²) >= 11 is 11.9. The van der Waals surface area contributed by atoms with Gasteiger partial charge in [0.25, 0.3) is 5.91 Å². The van der Waals surface area contributed by atoms with E-state index in [1.807, 2.05) is 0 Å². The van der Waals surface area contributed by atoms with Gasteiger partial charge in [0.15, 0.2) is 6.61 Å². The predicted molar refractivity (Wildman–Crippen MR) is 116 cm³/mol. The summed E-state index contributed by atoms with van der Waals surface area (Å²) in [4.78, 5) is 12.3. The van der Waals surface area contributed by atoms with Crippen molar-refractivity contribution in [2.24, 2.45) is 0 Å². The van der Waals surface area contributed by atoms with Crippen LogP contribution in [0.2, 0.25) is 10.0 Å². The van der Waals surface area contributed by atoms with E-state index in [2.05, 4.69) is 5.32 Å². The van der Waals surface area contributed by atoms with E-state index in [9.17, 15) is 13.2 Å². The van der Waals surface area contributed by atoms with Crippen LogP contribution in [0, 0.1) is 0 Å². The van der Waals surface area contributed by atoms with Crippen LogP contribution in [0.1, 0.15) is 19.3 Å². The van der Waals surface area contributed by atoms with Gasteiger partial charge in [-0.15, -0.1) is 0 Å². The normalized spacial score (nSPS) is 14.9. The zero-order valence-electron chi connectivity index (χ0n) is 16.4. The molecular formula is C20H22Cl2N2O5S. The Morgan fingerprint density at radius 2 is 1.80 bits per heavy atom. The molecule has 7 nitrogen and oxygen atoms in total. The van der Waals surface area contributed by atoms with Crippen molar-refractivity contribution < 1.29 is 22.7 Å². The van der Waals surface area contributed by atoms with Crippen LogP contribution < -0.4 is 14.8 Å². The summed E-state index contributed by atoms with van der Waals surface area (Å²) in [5, 5.41) is 3.39. The molecule has 1 fully saturated rings. The van der Waals surface area contributed by atoms with Gasteiger partial charge < -0.3 is 14.8 Å². The average molecular weight is 473 g/mol. The van der Waals surface area contributed by atoms with Gasteiger partial charge in [0.1, 0.15) is 16.4 Å². The topological polar surface area (TPSA) is 84.9 Å². The number of rotatable bonds is 7. The number of amides is 1. The highest BCUT2D eigenvalue weighted by Crippen LogP contribution is 2.31. The van der Waals surface area contributed by atoms with Crippen molar-refractivity contribution in [1.29, 1.82) is 0 Å². The maximum atomic E-state index is 13.1. The van der Waals surface area contributed by atoms with Gasteiger partial charge in [-0.25, -0.2) is 8.42 Å². The Labute approximate surface area is 185 Å². The number of sulfonamides is 1. The van der Waals surface area contributed by atoms with Gasteiger partial charge in [-0.05, 0) is 43.2 Å². The molecule has 162 valence electrons. The van der Waals surface area contributed by atoms with Crippen LogP contribution in [-0.2, 0) is 14.8 Å². The summed E-state index contributed by atoms with van der Waals surface area (Å²) in [5.74, 6) is 0.0282. The van der Waals surface area contributed by atoms with Crippen molar-refractivity contribution in [2.45, 2.75) is 24.2 Å². The second kappa shape index (κ2) is 9.87. The van der Waals surface area contributed by atoms with Gasteiger partial charge in [-0.3, -0.25) is 4.79 Å². The number of anilines is 1. The largest absolute Gasteiger partial charge is 0.495 e. The van der Waals surface area contributed by atoms with E-state index >= 15 is 0 Å². The number of nitrogens with one attached hydrogen (secondary N) is 1. The Morgan fingerprint density at radius 1 is 1.07 bits per heavy atom. The van der Waals surface area contributed by atoms with Crippen LogP contribution in [0.4, 0.5) is 5.69 Å². The van der Waals surface area contributed by atoms with Crippen LogP contribution in [0.15, 0.2) is 41.3 Å². The first kappa shape index (κ1) is 22.7. The number of hydrogen-bond donors (Lipinski definition) is 1. The standard InChI is InChI=1S/C20H22Cl2N2O5S/c1-28-17-8-6-15(12-19(17)30(26,27)24-9-3-2-4-10-24)23-20(25)13-29-18-11-14(21)5-7-16(18)22/h5-8,11-12H,2-4,9-10,13H2,1H3,(H,23,25). The van der Waals surface area contributed by atoms with Crippen molar-refractivity contribution in [3.63, 3.8) is 0 Å². The molecule has 0 aliphatic carbocycles. The lowest BCUT2D eigenvalue weighted by atomic mass is 10.2. The smallest absolute Gasteiger partial charge is 0.262 e. The summed E-state index contributed by atoms with van der Waals surface area (Å²) in [5.41, 5.74) is 0.317. The Bertz CT molecular complexity index is 1020. The van der Waals surface area contributed by atoms with Crippen LogP contribution >= 0.6 is 23.2 Å². The molecule has 3 rings (SSSR count). The summed E-state index contributed by atoms with van der Waals surface area (Å²) < 4.78 is 38.2. The van der Waals surface area contributed by atoms with E-state index in [4.69, 9.17) is 32.7 Å². The lowest BCUT2D eigenvalue weighted by Gasteiger charge is -2.26. The zero-order chi connectivity index (χ0) is 21.7. The van der Waals surface area contributed by atoms with Crippen molar-refractivity contribution >= 4 is 44.8 Å². The molecule has 0 aromatic heterocycles. The fourth-order valence-corrected chi connectivity index (χ4v) is 5.16. The van der Waals surface area contributed by atoms with Crippen LogP contribution in [0.3, 0.4) is 0 Å². The highest BCUT2D eigenvalue weighted by Gasteiger charge is 2.29. The fraction of sp³-hybridized carbons (Fsp3) is 0.350. The van der Waals surface area contributed by atoms with E-state index in [0.717, 1.165) is 19.3 Å². The Balaban J connectivity index is 1.74. The Morgan fingerprint density at radius 3 is 2.50 bits per heavy atom. The first-order chi connectivity index (χ1) is 14.3. The van der Waals surface area contributed by atoms with Crippen molar-refractivity contribution in [2.75, 3.05) is 32.1 Å².